The van der Waals surface area contributed by atoms with Crippen molar-refractivity contribution in [3.8, 4) is 0 Å². The molecule has 1 aromatic rings. The maximum absolute atomic E-state index is 11.2. The van der Waals surface area contributed by atoms with Crippen LogP contribution in [-0.2, 0) is 9.53 Å². The first-order valence-corrected chi connectivity index (χ1v) is 4.78. The molecule has 1 aromatic heterocycles. The Morgan fingerprint density at radius 2 is 2.40 bits per heavy atom. The van der Waals surface area contributed by atoms with E-state index < -0.39 is 5.97 Å². The molecule has 5 heteroatoms. The molecule has 15 heavy (non-hydrogen) atoms. The lowest BCUT2D eigenvalue weighted by molar-refractivity contribution is -0.142. The number of aromatic amines is 2. The zero-order valence-corrected chi connectivity index (χ0v) is 8.74. The summed E-state index contributed by atoms with van der Waals surface area (Å²) in [6.07, 6.45) is 4.94. The minimum atomic E-state index is -0.411. The first kappa shape index (κ1) is 11.3. The van der Waals surface area contributed by atoms with Gasteiger partial charge in [-0.05, 0) is 19.4 Å². The second-order valence-electron chi connectivity index (χ2n) is 3.19. The van der Waals surface area contributed by atoms with E-state index in [2.05, 4.69) is 9.97 Å². The van der Waals surface area contributed by atoms with Crippen molar-refractivity contribution < 1.29 is 9.53 Å². The summed E-state index contributed by atoms with van der Waals surface area (Å²) in [6, 6.07) is 0. The van der Waals surface area contributed by atoms with Gasteiger partial charge in [-0.3, -0.25) is 0 Å². The number of carbonyl (C=O) groups excluding carboxylic acids is 1. The summed E-state index contributed by atoms with van der Waals surface area (Å²) in [6.45, 7) is 3.76. The number of H-pyrrole nitrogens is 2. The summed E-state index contributed by atoms with van der Waals surface area (Å²) >= 11 is 0. The molecule has 1 heterocycles. The highest BCUT2D eigenvalue weighted by Gasteiger charge is 2.03. The number of nitrogens with one attached hydrogen (secondary N) is 2. The van der Waals surface area contributed by atoms with Crippen molar-refractivity contribution in [3.05, 3.63) is 28.5 Å². The molecule has 0 saturated carbocycles. The quantitative estimate of drug-likeness (QED) is 0.576. The summed E-state index contributed by atoms with van der Waals surface area (Å²) in [4.78, 5) is 26.8. The second-order valence-corrected chi connectivity index (χ2v) is 3.19. The minimum Gasteiger partial charge on any atom is -0.460 e. The molecule has 0 spiro atoms. The van der Waals surface area contributed by atoms with Gasteiger partial charge in [-0.1, -0.05) is 6.92 Å². The van der Waals surface area contributed by atoms with Crippen molar-refractivity contribution in [2.24, 2.45) is 0 Å². The van der Waals surface area contributed by atoms with Gasteiger partial charge in [-0.2, -0.15) is 0 Å². The van der Waals surface area contributed by atoms with Gasteiger partial charge in [0.25, 0.3) is 0 Å². The molecule has 1 atom stereocenters. The van der Waals surface area contributed by atoms with Crippen LogP contribution in [0, 0.1) is 0 Å². The number of rotatable bonds is 4. The van der Waals surface area contributed by atoms with Gasteiger partial charge >= 0.3 is 11.7 Å². The van der Waals surface area contributed by atoms with E-state index >= 15 is 0 Å². The Kier molecular flexibility index (Phi) is 3.91. The van der Waals surface area contributed by atoms with Gasteiger partial charge in [0.2, 0.25) is 0 Å². The Balaban J connectivity index is 2.51. The zero-order valence-electron chi connectivity index (χ0n) is 8.74. The minimum absolute atomic E-state index is 0.0903. The van der Waals surface area contributed by atoms with E-state index in [4.69, 9.17) is 4.74 Å². The third-order valence-electron chi connectivity index (χ3n) is 1.91. The van der Waals surface area contributed by atoms with E-state index in [1.54, 1.807) is 0 Å². The fourth-order valence-corrected chi connectivity index (χ4v) is 0.915. The molecule has 5 nitrogen and oxygen atoms in total. The number of imidazole rings is 1. The third-order valence-corrected chi connectivity index (χ3v) is 1.91. The summed E-state index contributed by atoms with van der Waals surface area (Å²) in [5, 5.41) is 0. The maximum Gasteiger partial charge on any atom is 0.331 e. The van der Waals surface area contributed by atoms with Crippen molar-refractivity contribution in [2.75, 3.05) is 0 Å². The summed E-state index contributed by atoms with van der Waals surface area (Å²) in [5.41, 5.74) is 0.242. The molecular formula is C10H14N2O3. The van der Waals surface area contributed by atoms with Gasteiger partial charge in [0.15, 0.2) is 0 Å². The van der Waals surface area contributed by atoms with Crippen LogP contribution in [0.5, 0.6) is 0 Å². The molecule has 0 aliphatic heterocycles. The van der Waals surface area contributed by atoms with Crippen LogP contribution in [0.15, 0.2) is 17.1 Å². The number of aromatic nitrogens is 2. The summed E-state index contributed by atoms with van der Waals surface area (Å²) < 4.78 is 5.00. The van der Waals surface area contributed by atoms with E-state index in [9.17, 15) is 9.59 Å². The van der Waals surface area contributed by atoms with E-state index in [0.717, 1.165) is 6.42 Å². The number of hydrogen-bond acceptors (Lipinski definition) is 3. The van der Waals surface area contributed by atoms with E-state index in [1.807, 2.05) is 13.8 Å². The number of ether oxygens (including phenoxy) is 1. The molecule has 2 N–H and O–H groups in total. The Labute approximate surface area is 87.2 Å². The largest absolute Gasteiger partial charge is 0.460 e. The molecule has 1 rings (SSSR count). The fourth-order valence-electron chi connectivity index (χ4n) is 0.915. The van der Waals surface area contributed by atoms with Crippen molar-refractivity contribution in [2.45, 2.75) is 26.4 Å². The lowest BCUT2D eigenvalue weighted by atomic mass is 10.3. The monoisotopic (exact) mass is 210 g/mol. The Morgan fingerprint density at radius 1 is 1.67 bits per heavy atom. The topological polar surface area (TPSA) is 75.0 Å². The molecule has 82 valence electrons. The molecule has 0 aromatic carbocycles. The lowest BCUT2D eigenvalue weighted by Gasteiger charge is -2.07. The summed E-state index contributed by atoms with van der Waals surface area (Å²) in [5.74, 6) is -0.411. The smallest absolute Gasteiger partial charge is 0.331 e. The molecular weight excluding hydrogens is 196 g/mol. The standard InChI is InChI=1S/C10H14N2O3/c1-3-7(2)15-9(13)5-4-8-6-11-10(14)12-8/h4-7H,3H2,1-2H3,(H2,11,12,14)/b5-4-. The number of carbonyl (C=O) groups is 1. The highest BCUT2D eigenvalue weighted by molar-refractivity contribution is 5.86. The predicted molar refractivity (Wildman–Crippen MR) is 56.3 cm³/mol. The maximum atomic E-state index is 11.2. The van der Waals surface area contributed by atoms with Gasteiger partial charge in [0, 0.05) is 12.3 Å². The van der Waals surface area contributed by atoms with Crippen LogP contribution < -0.4 is 5.69 Å². The molecule has 0 bridgehead atoms. The van der Waals surface area contributed by atoms with E-state index in [0.29, 0.717) is 5.69 Å². The van der Waals surface area contributed by atoms with Gasteiger partial charge in [-0.25, -0.2) is 9.59 Å². The SMILES string of the molecule is CCC(C)OC(=O)/C=C\c1c[nH]c(=O)[nH]1. The normalized spacial score (nSPS) is 12.9. The van der Waals surface area contributed by atoms with Crippen LogP contribution in [0.4, 0.5) is 0 Å². The van der Waals surface area contributed by atoms with Crippen LogP contribution in [0.25, 0.3) is 6.08 Å². The number of esters is 1. The van der Waals surface area contributed by atoms with Crippen LogP contribution in [0.1, 0.15) is 26.0 Å². The average Bonchev–Trinajstić information content (AvgIpc) is 2.61. The van der Waals surface area contributed by atoms with E-state index in [-0.39, 0.29) is 11.8 Å². The molecule has 1 unspecified atom stereocenters. The fraction of sp³-hybridized carbons (Fsp3) is 0.400. The molecule has 0 saturated heterocycles. The molecule has 0 radical (unpaired) electrons. The highest BCUT2D eigenvalue weighted by Crippen LogP contribution is 1.99. The van der Waals surface area contributed by atoms with Crippen LogP contribution in [0.2, 0.25) is 0 Å². The molecule has 0 aliphatic carbocycles. The zero-order chi connectivity index (χ0) is 11.3. The third kappa shape index (κ3) is 3.84. The van der Waals surface area contributed by atoms with Crippen molar-refractivity contribution in [3.63, 3.8) is 0 Å². The van der Waals surface area contributed by atoms with E-state index in [1.165, 1.54) is 18.3 Å². The van der Waals surface area contributed by atoms with Gasteiger partial charge in [0.05, 0.1) is 11.8 Å². The Morgan fingerprint density at radius 3 is 2.93 bits per heavy atom. The molecule has 0 aliphatic rings. The van der Waals surface area contributed by atoms with Crippen LogP contribution in [-0.4, -0.2) is 22.0 Å². The molecule has 0 fully saturated rings. The predicted octanol–water partition coefficient (Wildman–Crippen LogP) is 1.06. The summed E-state index contributed by atoms with van der Waals surface area (Å²) in [7, 11) is 0. The van der Waals surface area contributed by atoms with Gasteiger partial charge < -0.3 is 14.7 Å². The van der Waals surface area contributed by atoms with Gasteiger partial charge in [-0.15, -0.1) is 0 Å². The number of hydrogen-bond donors (Lipinski definition) is 2. The average molecular weight is 210 g/mol. The Hall–Kier alpha value is -1.78. The second kappa shape index (κ2) is 5.19. The highest BCUT2D eigenvalue weighted by atomic mass is 16.5. The lowest BCUT2D eigenvalue weighted by Crippen LogP contribution is -2.11. The van der Waals surface area contributed by atoms with Crippen molar-refractivity contribution in [1.82, 2.24) is 9.97 Å². The van der Waals surface area contributed by atoms with Crippen LogP contribution >= 0.6 is 0 Å². The molecule has 0 amide bonds. The van der Waals surface area contributed by atoms with Crippen LogP contribution in [0.3, 0.4) is 0 Å². The van der Waals surface area contributed by atoms with Gasteiger partial charge in [0.1, 0.15) is 0 Å². The Bertz CT molecular complexity index is 403. The first-order valence-electron chi connectivity index (χ1n) is 4.78. The van der Waals surface area contributed by atoms with Crippen molar-refractivity contribution >= 4 is 12.0 Å². The first-order chi connectivity index (χ1) is 7.11. The van der Waals surface area contributed by atoms with Crippen molar-refractivity contribution in [1.29, 1.82) is 0 Å².